The smallest absolute Gasteiger partial charge is 0.338 e. The van der Waals surface area contributed by atoms with Crippen molar-refractivity contribution in [2.24, 2.45) is 5.73 Å². The Kier molecular flexibility index (Phi) is 4.88. The van der Waals surface area contributed by atoms with E-state index in [9.17, 15) is 14.9 Å². The van der Waals surface area contributed by atoms with Crippen LogP contribution in [0.4, 0.5) is 0 Å². The lowest BCUT2D eigenvalue weighted by molar-refractivity contribution is -0.139. The maximum Gasteiger partial charge on any atom is 0.338 e. The predicted octanol–water partition coefficient (Wildman–Crippen LogP) is 2.59. The lowest BCUT2D eigenvalue weighted by Crippen LogP contribution is -2.42. The van der Waals surface area contributed by atoms with Crippen LogP contribution in [0, 0.1) is 18.3 Å². The van der Waals surface area contributed by atoms with Gasteiger partial charge < -0.3 is 10.5 Å². The fourth-order valence-corrected chi connectivity index (χ4v) is 5.15. The van der Waals surface area contributed by atoms with E-state index >= 15 is 0 Å². The molecule has 8 heteroatoms. The number of carbonyl (C=O) groups excluding carboxylic acids is 2. The van der Waals surface area contributed by atoms with E-state index in [0.29, 0.717) is 22.8 Å². The number of esters is 1. The summed E-state index contributed by atoms with van der Waals surface area (Å²) in [5.74, 6) is -0.736. The minimum Gasteiger partial charge on any atom is -0.463 e. The van der Waals surface area contributed by atoms with Crippen LogP contribution in [-0.2, 0) is 14.3 Å². The van der Waals surface area contributed by atoms with Gasteiger partial charge in [-0.15, -0.1) is 23.1 Å². The molecule has 0 aliphatic carbocycles. The van der Waals surface area contributed by atoms with Gasteiger partial charge in [-0.25, -0.2) is 4.79 Å². The molecule has 1 aromatic rings. The number of thioether (sulfide) groups is 1. The zero-order chi connectivity index (χ0) is 18.1. The second-order valence-corrected chi connectivity index (χ2v) is 7.61. The highest BCUT2D eigenvalue weighted by Gasteiger charge is 2.43. The Morgan fingerprint density at radius 1 is 1.56 bits per heavy atom. The molecule has 3 rings (SSSR count). The molecular weight excluding hydrogens is 358 g/mol. The van der Waals surface area contributed by atoms with Gasteiger partial charge in [0.15, 0.2) is 0 Å². The molecule has 2 N–H and O–H groups in total. The van der Waals surface area contributed by atoms with Crippen LogP contribution in [0.25, 0.3) is 0 Å². The molecule has 2 aliphatic heterocycles. The van der Waals surface area contributed by atoms with Crippen molar-refractivity contribution in [2.45, 2.75) is 26.2 Å². The number of nitrogens with zero attached hydrogens (tertiary/aromatic N) is 2. The molecule has 1 atom stereocenters. The summed E-state index contributed by atoms with van der Waals surface area (Å²) in [5, 5.41) is 12.3. The van der Waals surface area contributed by atoms with E-state index in [-0.39, 0.29) is 23.9 Å². The van der Waals surface area contributed by atoms with E-state index in [1.165, 1.54) is 28.0 Å². The lowest BCUT2D eigenvalue weighted by Gasteiger charge is -2.37. The molecule has 1 saturated heterocycles. The molecule has 6 nitrogen and oxygen atoms in total. The first kappa shape index (κ1) is 17.6. The number of nitriles is 1. The zero-order valence-corrected chi connectivity index (χ0v) is 15.5. The summed E-state index contributed by atoms with van der Waals surface area (Å²) in [5.41, 5.74) is 7.77. The third-order valence-corrected chi connectivity index (χ3v) is 6.28. The Hall–Kier alpha value is -2.24. The van der Waals surface area contributed by atoms with Gasteiger partial charge in [0.1, 0.15) is 5.82 Å². The molecule has 130 valence electrons. The van der Waals surface area contributed by atoms with Crippen LogP contribution in [0.1, 0.15) is 29.7 Å². The van der Waals surface area contributed by atoms with E-state index in [2.05, 4.69) is 6.07 Å². The minimum atomic E-state index is -0.603. The van der Waals surface area contributed by atoms with Gasteiger partial charge in [-0.1, -0.05) is 0 Å². The first-order chi connectivity index (χ1) is 12.0. The summed E-state index contributed by atoms with van der Waals surface area (Å²) < 4.78 is 5.18. The van der Waals surface area contributed by atoms with Gasteiger partial charge in [0.2, 0.25) is 5.91 Å². The number of ether oxygens (including phenoxy) is 1. The van der Waals surface area contributed by atoms with Crippen molar-refractivity contribution in [2.75, 3.05) is 12.4 Å². The van der Waals surface area contributed by atoms with Crippen molar-refractivity contribution in [3.63, 3.8) is 0 Å². The van der Waals surface area contributed by atoms with Crippen LogP contribution in [0.3, 0.4) is 0 Å². The third-order valence-electron chi connectivity index (χ3n) is 4.11. The quantitative estimate of drug-likeness (QED) is 0.816. The number of hydrogen-bond donors (Lipinski definition) is 1. The Labute approximate surface area is 153 Å². The summed E-state index contributed by atoms with van der Waals surface area (Å²) in [6.07, 6.45) is 0.312. The Morgan fingerprint density at radius 2 is 2.32 bits per heavy atom. The second kappa shape index (κ2) is 6.94. The number of rotatable bonds is 3. The highest BCUT2D eigenvalue weighted by Crippen LogP contribution is 2.48. The van der Waals surface area contributed by atoms with E-state index in [0.717, 1.165) is 10.4 Å². The molecule has 3 heterocycles. The molecule has 0 radical (unpaired) electrons. The molecule has 2 aliphatic rings. The van der Waals surface area contributed by atoms with Crippen LogP contribution in [0.5, 0.6) is 0 Å². The van der Waals surface area contributed by atoms with Gasteiger partial charge in [0.05, 0.1) is 34.8 Å². The zero-order valence-electron chi connectivity index (χ0n) is 13.9. The van der Waals surface area contributed by atoms with Crippen LogP contribution >= 0.6 is 23.1 Å². The van der Waals surface area contributed by atoms with Crippen LogP contribution < -0.4 is 5.73 Å². The summed E-state index contributed by atoms with van der Waals surface area (Å²) in [6, 6.07) is 4.15. The number of hydrogen-bond acceptors (Lipinski definition) is 7. The third kappa shape index (κ3) is 2.83. The minimum absolute atomic E-state index is 0.0717. The number of amides is 1. The molecule has 0 bridgehead atoms. The summed E-state index contributed by atoms with van der Waals surface area (Å²) in [6.45, 7) is 3.82. The standard InChI is InChI=1S/C17H17N3O3S2/c1-3-23-17(22)13-12(14-9(2)4-6-24-14)10(8-18)16-20(15(13)19)11(21)5-7-25-16/h4,6,12H,3,5,7,19H2,1-2H3. The summed E-state index contributed by atoms with van der Waals surface area (Å²) in [4.78, 5) is 27.2. The number of nitrogens with two attached hydrogens (primary N) is 1. The summed E-state index contributed by atoms with van der Waals surface area (Å²) in [7, 11) is 0. The summed E-state index contributed by atoms with van der Waals surface area (Å²) >= 11 is 2.88. The highest BCUT2D eigenvalue weighted by atomic mass is 32.2. The maximum atomic E-state index is 12.6. The molecule has 1 aromatic heterocycles. The number of fused-ring (bicyclic) bond motifs is 1. The molecule has 1 unspecified atom stereocenters. The first-order valence-electron chi connectivity index (χ1n) is 7.82. The largest absolute Gasteiger partial charge is 0.463 e. The van der Waals surface area contributed by atoms with Crippen LogP contribution in [-0.4, -0.2) is 29.1 Å². The van der Waals surface area contributed by atoms with Crippen LogP contribution in [0.2, 0.25) is 0 Å². The van der Waals surface area contributed by atoms with Crippen molar-refractivity contribution in [3.05, 3.63) is 43.9 Å². The monoisotopic (exact) mass is 375 g/mol. The number of allylic oxidation sites excluding steroid dienone is 1. The van der Waals surface area contributed by atoms with Crippen molar-refractivity contribution in [3.8, 4) is 6.07 Å². The van der Waals surface area contributed by atoms with Gasteiger partial charge in [-0.2, -0.15) is 5.26 Å². The topological polar surface area (TPSA) is 96.4 Å². The fourth-order valence-electron chi connectivity index (χ4n) is 2.99. The molecule has 0 aromatic carbocycles. The second-order valence-electron chi connectivity index (χ2n) is 5.58. The number of carbonyl (C=O) groups is 2. The van der Waals surface area contributed by atoms with Gasteiger partial charge in [-0.3, -0.25) is 9.69 Å². The molecule has 1 amide bonds. The van der Waals surface area contributed by atoms with Crippen molar-refractivity contribution in [1.82, 2.24) is 4.90 Å². The molecule has 1 fully saturated rings. The van der Waals surface area contributed by atoms with E-state index in [4.69, 9.17) is 10.5 Å². The average Bonchev–Trinajstić information content (AvgIpc) is 3.00. The molecule has 0 spiro atoms. The van der Waals surface area contributed by atoms with Gasteiger partial charge in [-0.05, 0) is 30.9 Å². The Morgan fingerprint density at radius 3 is 2.92 bits per heavy atom. The number of thiophene rings is 1. The maximum absolute atomic E-state index is 12.6. The molecule has 0 saturated carbocycles. The van der Waals surface area contributed by atoms with Crippen molar-refractivity contribution >= 4 is 35.0 Å². The normalized spacial score (nSPS) is 20.4. The van der Waals surface area contributed by atoms with Crippen molar-refractivity contribution < 1.29 is 14.3 Å². The fraction of sp³-hybridized carbons (Fsp3) is 0.353. The van der Waals surface area contributed by atoms with E-state index < -0.39 is 11.9 Å². The number of aryl methyl sites for hydroxylation is 1. The van der Waals surface area contributed by atoms with Gasteiger partial charge in [0.25, 0.3) is 0 Å². The molecule has 25 heavy (non-hydrogen) atoms. The Bertz CT molecular complexity index is 848. The van der Waals surface area contributed by atoms with Gasteiger partial charge >= 0.3 is 5.97 Å². The average molecular weight is 375 g/mol. The van der Waals surface area contributed by atoms with Gasteiger partial charge in [0, 0.05) is 17.1 Å². The van der Waals surface area contributed by atoms with Crippen molar-refractivity contribution in [1.29, 1.82) is 5.26 Å². The Balaban J connectivity index is 2.26. The lowest BCUT2D eigenvalue weighted by atomic mass is 9.86. The predicted molar refractivity (Wildman–Crippen MR) is 96.2 cm³/mol. The van der Waals surface area contributed by atoms with E-state index in [1.54, 1.807) is 6.92 Å². The van der Waals surface area contributed by atoms with Crippen LogP contribution in [0.15, 0.2) is 33.4 Å². The molecular formula is C17H17N3O3S2. The first-order valence-corrected chi connectivity index (χ1v) is 9.68. The highest BCUT2D eigenvalue weighted by molar-refractivity contribution is 8.03. The van der Waals surface area contributed by atoms with E-state index in [1.807, 2.05) is 18.4 Å². The SMILES string of the molecule is CCOC(=O)C1=C(N)N2C(=O)CCSC2=C(C#N)C1c1sccc1C.